The summed E-state index contributed by atoms with van der Waals surface area (Å²) in [5.74, 6) is 3.07. The molecule has 0 unspecified atom stereocenters. The van der Waals surface area contributed by atoms with E-state index in [1.165, 1.54) is 0 Å². The number of pyridine rings is 1. The molecule has 0 radical (unpaired) electrons. The summed E-state index contributed by atoms with van der Waals surface area (Å²) in [7, 11) is 0. The zero-order valence-corrected chi connectivity index (χ0v) is 11.3. The summed E-state index contributed by atoms with van der Waals surface area (Å²) >= 11 is 0. The molecule has 5 nitrogen and oxygen atoms in total. The molecule has 0 amide bonds. The van der Waals surface area contributed by atoms with Crippen molar-refractivity contribution in [3.63, 3.8) is 0 Å². The second-order valence-corrected chi connectivity index (χ2v) is 4.35. The summed E-state index contributed by atoms with van der Waals surface area (Å²) in [5, 5.41) is 3.18. The van der Waals surface area contributed by atoms with Crippen molar-refractivity contribution in [3.05, 3.63) is 42.1 Å². The third-order valence-corrected chi connectivity index (χ3v) is 2.90. The first-order valence-corrected chi connectivity index (χ1v) is 6.57. The minimum absolute atomic E-state index is 0.269. The summed E-state index contributed by atoms with van der Waals surface area (Å²) in [5.41, 5.74) is 0.876. The van der Waals surface area contributed by atoms with Gasteiger partial charge in [-0.15, -0.1) is 0 Å². The minimum Gasteiger partial charge on any atom is -0.487 e. The lowest BCUT2D eigenvalue weighted by Gasteiger charge is -2.08. The van der Waals surface area contributed by atoms with E-state index >= 15 is 0 Å². The second-order valence-electron chi connectivity index (χ2n) is 4.35. The van der Waals surface area contributed by atoms with Crippen molar-refractivity contribution in [2.24, 2.45) is 0 Å². The zero-order chi connectivity index (χ0) is 13.8. The maximum absolute atomic E-state index is 5.72. The monoisotopic (exact) mass is 272 g/mol. The Morgan fingerprint density at radius 1 is 1.20 bits per heavy atom. The Kier molecular flexibility index (Phi) is 3.58. The molecule has 2 aromatic rings. The number of anilines is 1. The van der Waals surface area contributed by atoms with Gasteiger partial charge in [0.1, 0.15) is 18.2 Å². The molecule has 1 N–H and O–H groups in total. The number of aromatic nitrogens is 1. The maximum atomic E-state index is 5.72. The molecule has 0 atom stereocenters. The van der Waals surface area contributed by atoms with Crippen LogP contribution in [0.1, 0.15) is 12.6 Å². The van der Waals surface area contributed by atoms with Crippen molar-refractivity contribution in [1.82, 2.24) is 4.98 Å². The van der Waals surface area contributed by atoms with Crippen LogP contribution >= 0.6 is 0 Å². The van der Waals surface area contributed by atoms with Gasteiger partial charge in [-0.05, 0) is 31.2 Å². The number of nitrogens with zero attached hydrogens (tertiary/aromatic N) is 1. The first kappa shape index (κ1) is 12.6. The van der Waals surface area contributed by atoms with E-state index in [2.05, 4.69) is 10.3 Å². The molecule has 0 spiro atoms. The number of rotatable bonds is 5. The molecule has 1 aromatic carbocycles. The van der Waals surface area contributed by atoms with Crippen molar-refractivity contribution in [3.8, 4) is 17.2 Å². The summed E-state index contributed by atoms with van der Waals surface area (Å²) in [6.45, 7) is 3.57. The van der Waals surface area contributed by atoms with E-state index in [1.807, 2.05) is 43.3 Å². The lowest BCUT2D eigenvalue weighted by molar-refractivity contribution is 0.173. The Morgan fingerprint density at radius 2 is 2.10 bits per heavy atom. The van der Waals surface area contributed by atoms with Crippen LogP contribution in [0.25, 0.3) is 0 Å². The number of benzene rings is 1. The molecule has 2 heterocycles. The van der Waals surface area contributed by atoms with Gasteiger partial charge < -0.3 is 19.5 Å². The first-order chi connectivity index (χ1) is 9.85. The van der Waals surface area contributed by atoms with E-state index in [1.54, 1.807) is 0 Å². The predicted molar refractivity (Wildman–Crippen MR) is 75.3 cm³/mol. The van der Waals surface area contributed by atoms with Crippen molar-refractivity contribution >= 4 is 5.82 Å². The third-order valence-electron chi connectivity index (χ3n) is 2.90. The molecule has 0 saturated heterocycles. The van der Waals surface area contributed by atoms with Gasteiger partial charge in [-0.1, -0.05) is 6.07 Å². The van der Waals surface area contributed by atoms with Crippen molar-refractivity contribution in [2.45, 2.75) is 13.5 Å². The highest BCUT2D eigenvalue weighted by molar-refractivity contribution is 5.46. The predicted octanol–water partition coefficient (Wildman–Crippen LogP) is 2.82. The standard InChI is InChI=1S/C15H16N2O3/c1-2-16-15-5-3-4-11(17-15)9-18-12-6-7-13-14(8-12)20-10-19-13/h3-8H,2,9-10H2,1H3,(H,16,17). The topological polar surface area (TPSA) is 52.6 Å². The van der Waals surface area contributed by atoms with Crippen LogP contribution in [0.15, 0.2) is 36.4 Å². The van der Waals surface area contributed by atoms with Crippen molar-refractivity contribution in [2.75, 3.05) is 18.7 Å². The van der Waals surface area contributed by atoms with Crippen LogP contribution in [0.2, 0.25) is 0 Å². The van der Waals surface area contributed by atoms with Crippen LogP contribution in [0.3, 0.4) is 0 Å². The number of hydrogen-bond donors (Lipinski definition) is 1. The van der Waals surface area contributed by atoms with E-state index in [-0.39, 0.29) is 6.79 Å². The van der Waals surface area contributed by atoms with Gasteiger partial charge in [0.25, 0.3) is 0 Å². The summed E-state index contributed by atoms with van der Waals surface area (Å²) < 4.78 is 16.3. The minimum atomic E-state index is 0.269. The molecule has 5 heteroatoms. The van der Waals surface area contributed by atoms with Crippen LogP contribution < -0.4 is 19.5 Å². The van der Waals surface area contributed by atoms with E-state index < -0.39 is 0 Å². The van der Waals surface area contributed by atoms with Crippen LogP contribution in [-0.4, -0.2) is 18.3 Å². The van der Waals surface area contributed by atoms with Gasteiger partial charge >= 0.3 is 0 Å². The largest absolute Gasteiger partial charge is 0.487 e. The van der Waals surface area contributed by atoms with Gasteiger partial charge in [0.15, 0.2) is 11.5 Å². The van der Waals surface area contributed by atoms with Gasteiger partial charge in [0.2, 0.25) is 6.79 Å². The van der Waals surface area contributed by atoms with Crippen molar-refractivity contribution < 1.29 is 14.2 Å². The molecule has 1 aromatic heterocycles. The highest BCUT2D eigenvalue weighted by Gasteiger charge is 2.13. The number of fused-ring (bicyclic) bond motifs is 1. The normalized spacial score (nSPS) is 12.2. The first-order valence-electron chi connectivity index (χ1n) is 6.57. The van der Waals surface area contributed by atoms with Gasteiger partial charge in [0.05, 0.1) is 5.69 Å². The fourth-order valence-corrected chi connectivity index (χ4v) is 1.96. The average molecular weight is 272 g/mol. The summed E-state index contributed by atoms with van der Waals surface area (Å²) in [4.78, 5) is 4.46. The Bertz CT molecular complexity index is 601. The summed E-state index contributed by atoms with van der Waals surface area (Å²) in [6.07, 6.45) is 0. The summed E-state index contributed by atoms with van der Waals surface area (Å²) in [6, 6.07) is 11.4. The maximum Gasteiger partial charge on any atom is 0.231 e. The van der Waals surface area contributed by atoms with Gasteiger partial charge in [-0.3, -0.25) is 0 Å². The molecule has 3 rings (SSSR count). The fourth-order valence-electron chi connectivity index (χ4n) is 1.96. The highest BCUT2D eigenvalue weighted by atomic mass is 16.7. The molecule has 20 heavy (non-hydrogen) atoms. The number of hydrogen-bond acceptors (Lipinski definition) is 5. The van der Waals surface area contributed by atoms with Gasteiger partial charge in [0, 0.05) is 12.6 Å². The Labute approximate surface area is 117 Å². The van der Waals surface area contributed by atoms with Crippen LogP contribution in [0, 0.1) is 0 Å². The molecular formula is C15H16N2O3. The molecule has 0 aliphatic carbocycles. The van der Waals surface area contributed by atoms with E-state index in [4.69, 9.17) is 14.2 Å². The smallest absolute Gasteiger partial charge is 0.231 e. The molecular weight excluding hydrogens is 256 g/mol. The zero-order valence-electron chi connectivity index (χ0n) is 11.3. The average Bonchev–Trinajstić information content (AvgIpc) is 2.93. The number of nitrogens with one attached hydrogen (secondary N) is 1. The second kappa shape index (κ2) is 5.69. The molecule has 0 bridgehead atoms. The van der Waals surface area contributed by atoms with Crippen LogP contribution in [0.5, 0.6) is 17.2 Å². The van der Waals surface area contributed by atoms with Crippen molar-refractivity contribution in [1.29, 1.82) is 0 Å². The highest BCUT2D eigenvalue weighted by Crippen LogP contribution is 2.35. The van der Waals surface area contributed by atoms with E-state index in [0.29, 0.717) is 6.61 Å². The lowest BCUT2D eigenvalue weighted by atomic mass is 10.3. The van der Waals surface area contributed by atoms with Gasteiger partial charge in [-0.2, -0.15) is 0 Å². The van der Waals surface area contributed by atoms with Crippen LogP contribution in [-0.2, 0) is 6.61 Å². The molecule has 0 fully saturated rings. The van der Waals surface area contributed by atoms with Crippen LogP contribution in [0.4, 0.5) is 5.82 Å². The Balaban J connectivity index is 1.65. The third kappa shape index (κ3) is 2.77. The van der Waals surface area contributed by atoms with E-state index in [0.717, 1.165) is 35.3 Å². The van der Waals surface area contributed by atoms with Gasteiger partial charge in [-0.25, -0.2) is 4.98 Å². The molecule has 1 aliphatic rings. The molecule has 104 valence electrons. The SMILES string of the molecule is CCNc1cccc(COc2ccc3c(c2)OCO3)n1. The Hall–Kier alpha value is -2.43. The number of ether oxygens (including phenoxy) is 3. The molecule has 0 saturated carbocycles. The molecule has 1 aliphatic heterocycles. The quantitative estimate of drug-likeness (QED) is 0.907. The Morgan fingerprint density at radius 3 is 3.00 bits per heavy atom. The fraction of sp³-hybridized carbons (Fsp3) is 0.267. The van der Waals surface area contributed by atoms with E-state index in [9.17, 15) is 0 Å². The lowest BCUT2D eigenvalue weighted by Crippen LogP contribution is -2.03.